The van der Waals surface area contributed by atoms with Crippen LogP contribution >= 0.6 is 0 Å². The molecular weight excluding hydrogens is 399 g/mol. The number of carbonyl (C=O) groups is 1. The standard InChI is InChI=1S/C20H22F3N5O2/c1-2-28(11-6-10-24)16(29)13-27-12-9-19(14-27,20(21,22)23)18-25-17(26-30-18)15-7-4-3-5-8-15/h3-5,7-8H,2,6,9,11-14H2,1H3. The molecule has 0 aliphatic carbocycles. The lowest BCUT2D eigenvalue weighted by Gasteiger charge is -2.28. The minimum Gasteiger partial charge on any atom is -0.341 e. The first-order valence-electron chi connectivity index (χ1n) is 9.64. The minimum atomic E-state index is -4.61. The van der Waals surface area contributed by atoms with Crippen LogP contribution in [-0.4, -0.2) is 64.7 Å². The predicted molar refractivity (Wildman–Crippen MR) is 101 cm³/mol. The Morgan fingerprint density at radius 2 is 2.10 bits per heavy atom. The Morgan fingerprint density at radius 3 is 2.73 bits per heavy atom. The monoisotopic (exact) mass is 421 g/mol. The molecule has 1 aromatic heterocycles. The number of nitriles is 1. The van der Waals surface area contributed by atoms with Crippen LogP contribution in [0.3, 0.4) is 0 Å². The molecule has 1 aromatic carbocycles. The van der Waals surface area contributed by atoms with E-state index in [2.05, 4.69) is 10.1 Å². The van der Waals surface area contributed by atoms with Crippen molar-refractivity contribution in [2.45, 2.75) is 31.4 Å². The number of likely N-dealkylation sites (N-methyl/N-ethyl adjacent to an activating group) is 1. The lowest BCUT2D eigenvalue weighted by molar-refractivity contribution is -0.194. The Labute approximate surface area is 172 Å². The molecule has 0 N–H and O–H groups in total. The number of benzene rings is 1. The lowest BCUT2D eigenvalue weighted by Crippen LogP contribution is -2.46. The van der Waals surface area contributed by atoms with Crippen molar-refractivity contribution < 1.29 is 22.5 Å². The van der Waals surface area contributed by atoms with E-state index in [0.29, 0.717) is 12.1 Å². The van der Waals surface area contributed by atoms with Gasteiger partial charge in [0.15, 0.2) is 5.41 Å². The molecule has 1 atom stereocenters. The third-order valence-corrected chi connectivity index (χ3v) is 5.35. The summed E-state index contributed by atoms with van der Waals surface area (Å²) in [5.74, 6) is -0.695. The van der Waals surface area contributed by atoms with Gasteiger partial charge >= 0.3 is 6.18 Å². The molecule has 3 rings (SSSR count). The third-order valence-electron chi connectivity index (χ3n) is 5.35. The Balaban J connectivity index is 1.79. The summed E-state index contributed by atoms with van der Waals surface area (Å²) < 4.78 is 47.5. The summed E-state index contributed by atoms with van der Waals surface area (Å²) in [6, 6.07) is 10.6. The van der Waals surface area contributed by atoms with Gasteiger partial charge in [-0.2, -0.15) is 23.4 Å². The molecule has 1 aliphatic heterocycles. The van der Waals surface area contributed by atoms with Crippen LogP contribution in [0.1, 0.15) is 25.7 Å². The number of likely N-dealkylation sites (tertiary alicyclic amines) is 1. The van der Waals surface area contributed by atoms with E-state index in [9.17, 15) is 18.0 Å². The molecule has 1 aliphatic rings. The zero-order chi connectivity index (χ0) is 21.8. The second kappa shape index (κ2) is 8.83. The van der Waals surface area contributed by atoms with Crippen molar-refractivity contribution in [2.75, 3.05) is 32.7 Å². The van der Waals surface area contributed by atoms with Gasteiger partial charge in [-0.3, -0.25) is 9.69 Å². The summed E-state index contributed by atoms with van der Waals surface area (Å²) in [6.07, 6.45) is -4.71. The molecule has 2 heterocycles. The van der Waals surface area contributed by atoms with Gasteiger partial charge in [-0.1, -0.05) is 35.5 Å². The van der Waals surface area contributed by atoms with Gasteiger partial charge in [-0.15, -0.1) is 0 Å². The van der Waals surface area contributed by atoms with Crippen LogP contribution in [-0.2, 0) is 10.2 Å². The van der Waals surface area contributed by atoms with Crippen molar-refractivity contribution in [3.63, 3.8) is 0 Å². The zero-order valence-corrected chi connectivity index (χ0v) is 16.5. The van der Waals surface area contributed by atoms with Gasteiger partial charge in [0.2, 0.25) is 17.6 Å². The number of carbonyl (C=O) groups excluding carboxylic acids is 1. The quantitative estimate of drug-likeness (QED) is 0.683. The van der Waals surface area contributed by atoms with Crippen LogP contribution < -0.4 is 0 Å². The second-order valence-electron chi connectivity index (χ2n) is 7.21. The zero-order valence-electron chi connectivity index (χ0n) is 16.5. The highest BCUT2D eigenvalue weighted by atomic mass is 19.4. The SMILES string of the molecule is CCN(CCC#N)C(=O)CN1CCC(c2nc(-c3ccccc3)no2)(C(F)(F)F)C1. The predicted octanol–water partition coefficient (Wildman–Crippen LogP) is 3.00. The lowest BCUT2D eigenvalue weighted by atomic mass is 9.86. The second-order valence-corrected chi connectivity index (χ2v) is 7.21. The molecule has 0 saturated carbocycles. The molecule has 0 spiro atoms. The fraction of sp³-hybridized carbons (Fsp3) is 0.500. The maximum atomic E-state index is 14.1. The minimum absolute atomic E-state index is 0.0735. The van der Waals surface area contributed by atoms with Crippen LogP contribution in [0.15, 0.2) is 34.9 Å². The number of nitrogens with zero attached hydrogens (tertiary/aromatic N) is 5. The van der Waals surface area contributed by atoms with Gasteiger partial charge in [0.05, 0.1) is 19.0 Å². The van der Waals surface area contributed by atoms with Crippen molar-refractivity contribution in [1.82, 2.24) is 19.9 Å². The first kappa shape index (κ1) is 21.8. The summed E-state index contributed by atoms with van der Waals surface area (Å²) in [5.41, 5.74) is -1.76. The van der Waals surface area contributed by atoms with E-state index >= 15 is 0 Å². The third kappa shape index (κ3) is 4.31. The average molecular weight is 421 g/mol. The van der Waals surface area contributed by atoms with Gasteiger partial charge in [-0.25, -0.2) is 0 Å². The Kier molecular flexibility index (Phi) is 6.41. The van der Waals surface area contributed by atoms with E-state index in [1.807, 2.05) is 6.07 Å². The maximum absolute atomic E-state index is 14.1. The number of aromatic nitrogens is 2. The average Bonchev–Trinajstić information content (AvgIpc) is 3.37. The molecule has 1 unspecified atom stereocenters. The van der Waals surface area contributed by atoms with Crippen LogP contribution in [0.4, 0.5) is 13.2 Å². The van der Waals surface area contributed by atoms with Crippen LogP contribution in [0.25, 0.3) is 11.4 Å². The van der Waals surface area contributed by atoms with Crippen molar-refractivity contribution in [2.24, 2.45) is 0 Å². The van der Waals surface area contributed by atoms with E-state index in [4.69, 9.17) is 9.78 Å². The fourth-order valence-corrected chi connectivity index (χ4v) is 3.61. The van der Waals surface area contributed by atoms with E-state index in [1.165, 1.54) is 9.80 Å². The molecule has 10 heteroatoms. The molecule has 1 fully saturated rings. The van der Waals surface area contributed by atoms with Crippen LogP contribution in [0.2, 0.25) is 0 Å². The van der Waals surface area contributed by atoms with Crippen molar-refractivity contribution >= 4 is 5.91 Å². The van der Waals surface area contributed by atoms with E-state index in [-0.39, 0.29) is 44.2 Å². The first-order valence-corrected chi connectivity index (χ1v) is 9.64. The summed E-state index contributed by atoms with van der Waals surface area (Å²) >= 11 is 0. The number of halogens is 3. The highest BCUT2D eigenvalue weighted by molar-refractivity contribution is 5.78. The normalized spacial score (nSPS) is 19.6. The van der Waals surface area contributed by atoms with Crippen molar-refractivity contribution in [3.05, 3.63) is 36.2 Å². The largest absolute Gasteiger partial charge is 0.404 e. The number of hydrogen-bond donors (Lipinski definition) is 0. The molecule has 30 heavy (non-hydrogen) atoms. The molecule has 0 bridgehead atoms. The number of rotatable bonds is 7. The van der Waals surface area contributed by atoms with Gasteiger partial charge in [-0.05, 0) is 13.3 Å². The van der Waals surface area contributed by atoms with Gasteiger partial charge in [0.25, 0.3) is 0 Å². The summed E-state index contributed by atoms with van der Waals surface area (Å²) in [7, 11) is 0. The Bertz CT molecular complexity index is 909. The van der Waals surface area contributed by atoms with Gasteiger partial charge in [0.1, 0.15) is 0 Å². The van der Waals surface area contributed by atoms with Crippen molar-refractivity contribution in [1.29, 1.82) is 5.26 Å². The van der Waals surface area contributed by atoms with E-state index in [0.717, 1.165) is 0 Å². The molecule has 1 saturated heterocycles. The Hall–Kier alpha value is -2.93. The summed E-state index contributed by atoms with van der Waals surface area (Å²) in [6.45, 7) is 1.90. The summed E-state index contributed by atoms with van der Waals surface area (Å²) in [4.78, 5) is 19.4. The first-order chi connectivity index (χ1) is 14.3. The smallest absolute Gasteiger partial charge is 0.341 e. The number of amides is 1. The molecular formula is C20H22F3N5O2. The molecule has 7 nitrogen and oxygen atoms in total. The maximum Gasteiger partial charge on any atom is 0.404 e. The van der Waals surface area contributed by atoms with Gasteiger partial charge < -0.3 is 9.42 Å². The molecule has 1 amide bonds. The number of hydrogen-bond acceptors (Lipinski definition) is 6. The van der Waals surface area contributed by atoms with Crippen LogP contribution in [0.5, 0.6) is 0 Å². The topological polar surface area (TPSA) is 86.3 Å². The van der Waals surface area contributed by atoms with E-state index < -0.39 is 24.0 Å². The molecule has 160 valence electrons. The molecule has 2 aromatic rings. The van der Waals surface area contributed by atoms with Crippen LogP contribution in [0, 0.1) is 11.3 Å². The molecule has 0 radical (unpaired) electrons. The highest BCUT2D eigenvalue weighted by Crippen LogP contribution is 2.47. The number of alkyl halides is 3. The van der Waals surface area contributed by atoms with E-state index in [1.54, 1.807) is 37.3 Å². The highest BCUT2D eigenvalue weighted by Gasteiger charge is 2.62. The van der Waals surface area contributed by atoms with Gasteiger partial charge in [0, 0.05) is 31.7 Å². The van der Waals surface area contributed by atoms with Crippen molar-refractivity contribution in [3.8, 4) is 17.5 Å². The fourth-order valence-electron chi connectivity index (χ4n) is 3.61. The Morgan fingerprint density at radius 1 is 1.37 bits per heavy atom. The summed E-state index contributed by atoms with van der Waals surface area (Å²) in [5, 5.41) is 12.4.